The van der Waals surface area contributed by atoms with Crippen molar-refractivity contribution in [2.45, 2.75) is 6.42 Å². The molecule has 4 rings (SSSR count). The van der Waals surface area contributed by atoms with Crippen LogP contribution in [-0.4, -0.2) is 40.7 Å². The Morgan fingerprint density at radius 2 is 1.69 bits per heavy atom. The van der Waals surface area contributed by atoms with Crippen molar-refractivity contribution < 1.29 is 18.8 Å². The molecule has 0 radical (unpaired) electrons. The Morgan fingerprint density at radius 3 is 2.34 bits per heavy atom. The second-order valence-electron chi connectivity index (χ2n) is 6.49. The molecule has 2 aromatic carbocycles. The number of hydrogen-bond donors (Lipinski definition) is 1. The minimum Gasteiger partial charge on any atom is -0.354 e. The molecule has 6 nitrogen and oxygen atoms in total. The summed E-state index contributed by atoms with van der Waals surface area (Å²) in [6, 6.07) is 12.6. The number of hydrogen-bond acceptors (Lipinski definition) is 5. The summed E-state index contributed by atoms with van der Waals surface area (Å²) >= 11 is 1.44. The van der Waals surface area contributed by atoms with Crippen molar-refractivity contribution >= 4 is 29.1 Å². The van der Waals surface area contributed by atoms with Gasteiger partial charge in [-0.25, -0.2) is 9.37 Å². The number of fused-ring (bicyclic) bond motifs is 1. The number of benzene rings is 2. The molecule has 29 heavy (non-hydrogen) atoms. The van der Waals surface area contributed by atoms with Gasteiger partial charge in [-0.15, -0.1) is 11.3 Å². The molecule has 0 unspecified atom stereocenters. The zero-order valence-electron chi connectivity index (χ0n) is 15.2. The van der Waals surface area contributed by atoms with Crippen LogP contribution < -0.4 is 5.32 Å². The van der Waals surface area contributed by atoms with Crippen LogP contribution >= 0.6 is 11.3 Å². The number of amides is 3. The van der Waals surface area contributed by atoms with Crippen molar-refractivity contribution in [3.63, 3.8) is 0 Å². The molecule has 8 heteroatoms. The molecule has 3 amide bonds. The highest BCUT2D eigenvalue weighted by molar-refractivity contribution is 7.13. The van der Waals surface area contributed by atoms with Gasteiger partial charge in [0.25, 0.3) is 11.8 Å². The highest BCUT2D eigenvalue weighted by atomic mass is 32.1. The van der Waals surface area contributed by atoms with Gasteiger partial charge in [0.2, 0.25) is 5.91 Å². The van der Waals surface area contributed by atoms with Crippen LogP contribution in [0.5, 0.6) is 0 Å². The Labute approximate surface area is 170 Å². The number of rotatable bonds is 6. The Morgan fingerprint density at radius 1 is 1.03 bits per heavy atom. The first-order valence-corrected chi connectivity index (χ1v) is 9.83. The van der Waals surface area contributed by atoms with Gasteiger partial charge in [0.1, 0.15) is 17.4 Å². The maximum absolute atomic E-state index is 13.0. The number of thiazole rings is 1. The number of aromatic nitrogens is 1. The summed E-state index contributed by atoms with van der Waals surface area (Å²) in [5, 5.41) is 5.37. The third-order valence-corrected chi connectivity index (χ3v) is 5.47. The van der Waals surface area contributed by atoms with Crippen molar-refractivity contribution in [2.75, 3.05) is 13.1 Å². The van der Waals surface area contributed by atoms with Gasteiger partial charge in [0.15, 0.2) is 0 Å². The van der Waals surface area contributed by atoms with E-state index in [-0.39, 0.29) is 12.4 Å². The topological polar surface area (TPSA) is 79.4 Å². The first kappa shape index (κ1) is 18.9. The second-order valence-corrected chi connectivity index (χ2v) is 7.35. The molecule has 1 N–H and O–H groups in total. The normalized spacial score (nSPS) is 12.9. The van der Waals surface area contributed by atoms with Crippen LogP contribution in [0.3, 0.4) is 0 Å². The van der Waals surface area contributed by atoms with Gasteiger partial charge in [-0.05, 0) is 36.4 Å². The Hall–Kier alpha value is -3.39. The van der Waals surface area contributed by atoms with Crippen LogP contribution in [0, 0.1) is 5.82 Å². The molecule has 0 saturated carbocycles. The van der Waals surface area contributed by atoms with Crippen molar-refractivity contribution in [2.24, 2.45) is 0 Å². The molecule has 146 valence electrons. The highest BCUT2D eigenvalue weighted by Gasteiger charge is 2.36. The molecule has 1 aromatic heterocycles. The molecule has 0 spiro atoms. The van der Waals surface area contributed by atoms with Gasteiger partial charge in [-0.2, -0.15) is 0 Å². The van der Waals surface area contributed by atoms with E-state index in [0.717, 1.165) is 21.2 Å². The van der Waals surface area contributed by atoms with E-state index in [1.807, 2.05) is 5.38 Å². The van der Waals surface area contributed by atoms with E-state index in [0.29, 0.717) is 24.1 Å². The van der Waals surface area contributed by atoms with Crippen molar-refractivity contribution in [1.82, 2.24) is 15.2 Å². The largest absolute Gasteiger partial charge is 0.354 e. The maximum atomic E-state index is 13.0. The molecule has 0 saturated heterocycles. The van der Waals surface area contributed by atoms with Crippen LogP contribution in [0.2, 0.25) is 0 Å². The van der Waals surface area contributed by atoms with Gasteiger partial charge in [0.05, 0.1) is 16.8 Å². The lowest BCUT2D eigenvalue weighted by molar-refractivity contribution is -0.121. The van der Waals surface area contributed by atoms with Gasteiger partial charge < -0.3 is 5.32 Å². The maximum Gasteiger partial charge on any atom is 0.262 e. The summed E-state index contributed by atoms with van der Waals surface area (Å²) < 4.78 is 13.0. The molecule has 3 aromatic rings. The number of halogens is 1. The van der Waals surface area contributed by atoms with Gasteiger partial charge in [-0.1, -0.05) is 12.1 Å². The number of carbonyl (C=O) groups excluding carboxylic acids is 3. The van der Waals surface area contributed by atoms with E-state index in [2.05, 4.69) is 10.3 Å². The van der Waals surface area contributed by atoms with Crippen LogP contribution in [0.1, 0.15) is 26.4 Å². The Kier molecular flexibility index (Phi) is 5.18. The third kappa shape index (κ3) is 3.93. The first-order chi connectivity index (χ1) is 14.0. The standard InChI is InChI=1S/C21H16FN3O3S/c22-14-7-5-13(6-8-14)19-24-15(12-29-19)9-10-23-18(26)11-25-20(27)16-3-1-2-4-17(16)21(25)28/h1-8,12H,9-11H2,(H,23,26). The number of carbonyl (C=O) groups is 3. The summed E-state index contributed by atoms with van der Waals surface area (Å²) in [7, 11) is 0. The number of imide groups is 1. The molecular weight excluding hydrogens is 393 g/mol. The molecule has 0 atom stereocenters. The highest BCUT2D eigenvalue weighted by Crippen LogP contribution is 2.24. The lowest BCUT2D eigenvalue weighted by atomic mass is 10.1. The summed E-state index contributed by atoms with van der Waals surface area (Å²) in [6.45, 7) is 0.0127. The van der Waals surface area contributed by atoms with E-state index in [9.17, 15) is 18.8 Å². The lowest BCUT2D eigenvalue weighted by Crippen LogP contribution is -2.40. The fraction of sp³-hybridized carbons (Fsp3) is 0.143. The molecular formula is C21H16FN3O3S. The first-order valence-electron chi connectivity index (χ1n) is 8.95. The minimum absolute atomic E-state index is 0.300. The molecule has 1 aliphatic heterocycles. The van der Waals surface area contributed by atoms with Crippen molar-refractivity contribution in [3.05, 3.63) is 76.5 Å². The van der Waals surface area contributed by atoms with Gasteiger partial charge in [0, 0.05) is 23.9 Å². The minimum atomic E-state index is -0.454. The lowest BCUT2D eigenvalue weighted by Gasteiger charge is -2.13. The molecule has 0 aliphatic carbocycles. The van der Waals surface area contributed by atoms with Crippen LogP contribution in [-0.2, 0) is 11.2 Å². The quantitative estimate of drug-likeness (QED) is 0.635. The number of nitrogens with zero attached hydrogens (tertiary/aromatic N) is 2. The molecule has 1 aliphatic rings. The zero-order chi connectivity index (χ0) is 20.4. The van der Waals surface area contributed by atoms with Gasteiger partial charge >= 0.3 is 0 Å². The van der Waals surface area contributed by atoms with E-state index in [1.165, 1.54) is 23.5 Å². The van der Waals surface area contributed by atoms with E-state index >= 15 is 0 Å². The summed E-state index contributed by atoms with van der Waals surface area (Å²) in [5.74, 6) is -1.62. The smallest absolute Gasteiger partial charge is 0.262 e. The van der Waals surface area contributed by atoms with Crippen molar-refractivity contribution in [3.8, 4) is 10.6 Å². The fourth-order valence-corrected chi connectivity index (χ4v) is 3.92. The Bertz CT molecular complexity index is 1060. The van der Waals surface area contributed by atoms with E-state index in [4.69, 9.17) is 0 Å². The zero-order valence-corrected chi connectivity index (χ0v) is 16.0. The molecule has 2 heterocycles. The Balaban J connectivity index is 1.29. The predicted molar refractivity (Wildman–Crippen MR) is 106 cm³/mol. The third-order valence-electron chi connectivity index (χ3n) is 4.53. The van der Waals surface area contributed by atoms with Gasteiger partial charge in [-0.3, -0.25) is 19.3 Å². The molecule has 0 bridgehead atoms. The predicted octanol–water partition coefficient (Wildman–Crippen LogP) is 2.90. The van der Waals surface area contributed by atoms with E-state index in [1.54, 1.807) is 36.4 Å². The second kappa shape index (κ2) is 7.92. The fourth-order valence-electron chi connectivity index (χ4n) is 3.06. The molecule has 0 fully saturated rings. The SMILES string of the molecule is O=C(CN1C(=O)c2ccccc2C1=O)NCCc1csc(-c2ccc(F)cc2)n1. The van der Waals surface area contributed by atoms with Crippen LogP contribution in [0.15, 0.2) is 53.9 Å². The summed E-state index contributed by atoms with van der Waals surface area (Å²) in [6.07, 6.45) is 0.506. The van der Waals surface area contributed by atoms with Crippen LogP contribution in [0.25, 0.3) is 10.6 Å². The van der Waals surface area contributed by atoms with Crippen molar-refractivity contribution in [1.29, 1.82) is 0 Å². The monoisotopic (exact) mass is 409 g/mol. The average Bonchev–Trinajstić information content (AvgIpc) is 3.28. The average molecular weight is 409 g/mol. The van der Waals surface area contributed by atoms with Crippen LogP contribution in [0.4, 0.5) is 4.39 Å². The summed E-state index contributed by atoms with van der Waals surface area (Å²) in [5.41, 5.74) is 2.27. The van der Waals surface area contributed by atoms with E-state index < -0.39 is 17.7 Å². The number of nitrogens with one attached hydrogen (secondary N) is 1. The summed E-state index contributed by atoms with van der Waals surface area (Å²) in [4.78, 5) is 42.2.